The highest BCUT2D eigenvalue weighted by Crippen LogP contribution is 2.37. The van der Waals surface area contributed by atoms with Gasteiger partial charge < -0.3 is 18.9 Å². The Hall–Kier alpha value is -3.96. The van der Waals surface area contributed by atoms with Gasteiger partial charge in [-0.05, 0) is 74.0 Å². The molecule has 0 unspecified atom stereocenters. The fourth-order valence-electron chi connectivity index (χ4n) is 3.51. The van der Waals surface area contributed by atoms with E-state index in [9.17, 15) is 13.2 Å². The van der Waals surface area contributed by atoms with Gasteiger partial charge in [0.15, 0.2) is 11.5 Å². The van der Waals surface area contributed by atoms with E-state index >= 15 is 0 Å². The average molecular weight is 576 g/mol. The Balaban J connectivity index is 1.90. The number of hydrogen-bond acceptors (Lipinski definition) is 8. The smallest absolute Gasteiger partial charge is 0.265 e. The Bertz CT molecular complexity index is 1430. The van der Waals surface area contributed by atoms with Crippen LogP contribution < -0.4 is 28.7 Å². The number of nitrogens with zero attached hydrogens (tertiary/aromatic N) is 2. The molecule has 12 heteroatoms. The van der Waals surface area contributed by atoms with Gasteiger partial charge in [0.25, 0.3) is 15.9 Å². The third kappa shape index (κ3) is 7.55. The van der Waals surface area contributed by atoms with Crippen LogP contribution in [0.5, 0.6) is 23.0 Å². The summed E-state index contributed by atoms with van der Waals surface area (Å²) in [7, 11) is -0.101. The average Bonchev–Trinajstić information content (AvgIpc) is 2.91. The van der Waals surface area contributed by atoms with Gasteiger partial charge in [0, 0.05) is 11.1 Å². The molecular formula is C27H30ClN3O7S. The number of carbonyl (C=O) groups is 1. The number of rotatable bonds is 12. The van der Waals surface area contributed by atoms with Gasteiger partial charge in [-0.3, -0.25) is 9.10 Å². The summed E-state index contributed by atoms with van der Waals surface area (Å²) in [6, 6.07) is 15.7. The molecule has 3 aromatic carbocycles. The van der Waals surface area contributed by atoms with Gasteiger partial charge in [-0.1, -0.05) is 11.6 Å². The first-order valence-corrected chi connectivity index (χ1v) is 13.6. The molecule has 0 saturated heterocycles. The zero-order chi connectivity index (χ0) is 28.6. The molecule has 0 spiro atoms. The maximum Gasteiger partial charge on any atom is 0.265 e. The number of nitrogens with one attached hydrogen (secondary N) is 1. The lowest BCUT2D eigenvalue weighted by Gasteiger charge is -2.25. The van der Waals surface area contributed by atoms with Crippen molar-refractivity contribution in [3.05, 3.63) is 71.2 Å². The van der Waals surface area contributed by atoms with Crippen molar-refractivity contribution in [1.29, 1.82) is 0 Å². The number of benzene rings is 3. The van der Waals surface area contributed by atoms with E-state index in [2.05, 4.69) is 10.5 Å². The lowest BCUT2D eigenvalue weighted by molar-refractivity contribution is -0.119. The summed E-state index contributed by atoms with van der Waals surface area (Å²) in [6.45, 7) is 3.24. The van der Waals surface area contributed by atoms with Crippen molar-refractivity contribution >= 4 is 39.4 Å². The molecule has 10 nitrogen and oxygen atoms in total. The number of sulfonamides is 1. The lowest BCUT2D eigenvalue weighted by atomic mass is 10.2. The summed E-state index contributed by atoms with van der Waals surface area (Å²) in [4.78, 5) is 12.8. The van der Waals surface area contributed by atoms with Crippen LogP contribution in [-0.4, -0.2) is 54.5 Å². The van der Waals surface area contributed by atoms with E-state index in [1.165, 1.54) is 57.9 Å². The topological polar surface area (TPSA) is 116 Å². The Morgan fingerprint density at radius 3 is 2.21 bits per heavy atom. The molecule has 3 aromatic rings. The molecule has 0 fully saturated rings. The third-order valence-electron chi connectivity index (χ3n) is 5.29. The molecule has 0 radical (unpaired) electrons. The first-order chi connectivity index (χ1) is 18.6. The van der Waals surface area contributed by atoms with E-state index < -0.39 is 22.5 Å². The van der Waals surface area contributed by atoms with Crippen molar-refractivity contribution < 1.29 is 32.2 Å². The standard InChI is InChI=1S/C27H30ClN3O7S/c1-18(2)38-21-9-6-19(7-10-21)16-29-30-27(32)17-31(23-14-20(28)8-12-24(23)35-3)39(33,34)22-11-13-25(36-4)26(15-22)37-5/h6-16,18H,17H2,1-5H3,(H,30,32)/b29-16-. The second kappa shape index (κ2) is 13.2. The minimum absolute atomic E-state index is 0.0418. The molecule has 0 bridgehead atoms. The summed E-state index contributed by atoms with van der Waals surface area (Å²) in [5.74, 6) is 0.757. The number of ether oxygens (including phenoxy) is 4. The van der Waals surface area contributed by atoms with Crippen molar-refractivity contribution in [1.82, 2.24) is 5.43 Å². The van der Waals surface area contributed by atoms with Gasteiger partial charge in [-0.2, -0.15) is 5.10 Å². The van der Waals surface area contributed by atoms with Crippen LogP contribution in [0.15, 0.2) is 70.7 Å². The maximum atomic E-state index is 13.8. The van der Waals surface area contributed by atoms with Crippen LogP contribution in [-0.2, 0) is 14.8 Å². The molecule has 0 heterocycles. The van der Waals surface area contributed by atoms with Gasteiger partial charge in [0.05, 0.1) is 44.2 Å². The molecule has 0 aliphatic heterocycles. The predicted octanol–water partition coefficient (Wildman–Crippen LogP) is 4.50. The van der Waals surface area contributed by atoms with Crippen molar-refractivity contribution in [2.75, 3.05) is 32.2 Å². The lowest BCUT2D eigenvalue weighted by Crippen LogP contribution is -2.39. The SMILES string of the molecule is COc1ccc(S(=O)(=O)N(CC(=O)N/N=C\c2ccc(OC(C)C)cc2)c2cc(Cl)ccc2OC)cc1OC. The minimum Gasteiger partial charge on any atom is -0.495 e. The molecule has 0 aliphatic carbocycles. The highest BCUT2D eigenvalue weighted by Gasteiger charge is 2.30. The molecule has 208 valence electrons. The maximum absolute atomic E-state index is 13.8. The van der Waals surface area contributed by atoms with Gasteiger partial charge in [-0.15, -0.1) is 0 Å². The van der Waals surface area contributed by atoms with Gasteiger partial charge in [0.1, 0.15) is 18.0 Å². The van der Waals surface area contributed by atoms with Crippen LogP contribution in [0.3, 0.4) is 0 Å². The molecule has 0 aromatic heterocycles. The number of anilines is 1. The molecule has 3 rings (SSSR count). The molecule has 0 aliphatic rings. The summed E-state index contributed by atoms with van der Waals surface area (Å²) in [5.41, 5.74) is 3.14. The van der Waals surface area contributed by atoms with Crippen molar-refractivity contribution in [3.63, 3.8) is 0 Å². The summed E-state index contributed by atoms with van der Waals surface area (Å²) < 4.78 is 50.0. The van der Waals surface area contributed by atoms with Crippen LogP contribution in [0, 0.1) is 0 Å². The van der Waals surface area contributed by atoms with E-state index in [0.717, 1.165) is 4.31 Å². The summed E-state index contributed by atoms with van der Waals surface area (Å²) in [5, 5.41) is 4.21. The van der Waals surface area contributed by atoms with E-state index in [1.54, 1.807) is 30.3 Å². The largest absolute Gasteiger partial charge is 0.495 e. The number of methoxy groups -OCH3 is 3. The number of hydrogen-bond donors (Lipinski definition) is 1. The monoisotopic (exact) mass is 575 g/mol. The molecule has 39 heavy (non-hydrogen) atoms. The quantitative estimate of drug-likeness (QED) is 0.250. The number of amides is 1. The van der Waals surface area contributed by atoms with E-state index in [4.69, 9.17) is 30.5 Å². The minimum atomic E-state index is -4.32. The zero-order valence-electron chi connectivity index (χ0n) is 22.2. The fourth-order valence-corrected chi connectivity index (χ4v) is 5.12. The predicted molar refractivity (Wildman–Crippen MR) is 150 cm³/mol. The van der Waals surface area contributed by atoms with E-state index in [0.29, 0.717) is 17.1 Å². The van der Waals surface area contributed by atoms with E-state index in [1.807, 2.05) is 13.8 Å². The Kier molecular flexibility index (Phi) is 10.0. The second-order valence-corrected chi connectivity index (χ2v) is 10.7. The molecule has 0 atom stereocenters. The fraction of sp³-hybridized carbons (Fsp3) is 0.259. The van der Waals surface area contributed by atoms with Crippen molar-refractivity contribution in [3.8, 4) is 23.0 Å². The summed E-state index contributed by atoms with van der Waals surface area (Å²) in [6.07, 6.45) is 1.48. The van der Waals surface area contributed by atoms with E-state index in [-0.39, 0.29) is 33.2 Å². The highest BCUT2D eigenvalue weighted by atomic mass is 35.5. The normalized spacial score (nSPS) is 11.4. The molecule has 1 amide bonds. The van der Waals surface area contributed by atoms with Gasteiger partial charge in [0.2, 0.25) is 0 Å². The van der Waals surface area contributed by atoms with Crippen LogP contribution in [0.25, 0.3) is 0 Å². The van der Waals surface area contributed by atoms with Crippen molar-refractivity contribution in [2.45, 2.75) is 24.8 Å². The highest BCUT2D eigenvalue weighted by molar-refractivity contribution is 7.92. The Morgan fingerprint density at radius 2 is 1.59 bits per heavy atom. The van der Waals surface area contributed by atoms with Crippen LogP contribution >= 0.6 is 11.6 Å². The van der Waals surface area contributed by atoms with Crippen LogP contribution in [0.2, 0.25) is 5.02 Å². The van der Waals surface area contributed by atoms with Crippen molar-refractivity contribution in [2.24, 2.45) is 5.10 Å². The first-order valence-electron chi connectivity index (χ1n) is 11.8. The van der Waals surface area contributed by atoms with Crippen LogP contribution in [0.4, 0.5) is 5.69 Å². The Labute approximate surface area is 233 Å². The number of halogens is 1. The van der Waals surface area contributed by atoms with Crippen LogP contribution in [0.1, 0.15) is 19.4 Å². The Morgan fingerprint density at radius 1 is 0.949 bits per heavy atom. The number of hydrazone groups is 1. The summed E-state index contributed by atoms with van der Waals surface area (Å²) >= 11 is 6.18. The number of carbonyl (C=O) groups excluding carboxylic acids is 1. The van der Waals surface area contributed by atoms with Gasteiger partial charge in [-0.25, -0.2) is 13.8 Å². The molecule has 1 N–H and O–H groups in total. The first kappa shape index (κ1) is 29.6. The molecule has 0 saturated carbocycles. The second-order valence-electron chi connectivity index (χ2n) is 8.37. The zero-order valence-corrected chi connectivity index (χ0v) is 23.7. The third-order valence-corrected chi connectivity index (χ3v) is 7.29. The molecular weight excluding hydrogens is 546 g/mol. The van der Waals surface area contributed by atoms with Gasteiger partial charge >= 0.3 is 0 Å².